The van der Waals surface area contributed by atoms with Crippen LogP contribution in [-0.2, 0) is 6.42 Å². The van der Waals surface area contributed by atoms with Gasteiger partial charge in [-0.2, -0.15) is 0 Å². The highest BCUT2D eigenvalue weighted by atomic mass is 35.5. The summed E-state index contributed by atoms with van der Waals surface area (Å²) in [6.07, 6.45) is 2.31. The molecule has 0 amide bonds. The van der Waals surface area contributed by atoms with E-state index in [-0.39, 0.29) is 0 Å². The molecule has 0 bridgehead atoms. The van der Waals surface area contributed by atoms with Crippen LogP contribution in [0.2, 0.25) is 5.02 Å². The molecule has 0 aliphatic rings. The van der Waals surface area contributed by atoms with Crippen molar-refractivity contribution < 1.29 is 0 Å². The van der Waals surface area contributed by atoms with Gasteiger partial charge in [-0.3, -0.25) is 0 Å². The van der Waals surface area contributed by atoms with Gasteiger partial charge in [0, 0.05) is 16.1 Å². The molecule has 1 heterocycles. The molecule has 2 aromatic rings. The highest BCUT2D eigenvalue weighted by Gasteiger charge is 2.10. The molecule has 0 aliphatic carbocycles. The maximum Gasteiger partial charge on any atom is 0.0503 e. The fourth-order valence-corrected chi connectivity index (χ4v) is 2.29. The second kappa shape index (κ2) is 3.90. The molecule has 1 aromatic carbocycles. The van der Waals surface area contributed by atoms with E-state index in [1.54, 1.807) is 0 Å². The van der Waals surface area contributed by atoms with Crippen LogP contribution in [0.15, 0.2) is 12.1 Å². The van der Waals surface area contributed by atoms with Crippen molar-refractivity contribution in [2.75, 3.05) is 0 Å². The van der Waals surface area contributed by atoms with Gasteiger partial charge in [0.05, 0.1) is 5.52 Å². The van der Waals surface area contributed by atoms with E-state index in [1.807, 2.05) is 6.07 Å². The van der Waals surface area contributed by atoms with Gasteiger partial charge >= 0.3 is 0 Å². The van der Waals surface area contributed by atoms with Gasteiger partial charge in [0.15, 0.2) is 0 Å². The van der Waals surface area contributed by atoms with Gasteiger partial charge < -0.3 is 4.98 Å². The van der Waals surface area contributed by atoms with Crippen LogP contribution in [0.1, 0.15) is 30.2 Å². The summed E-state index contributed by atoms with van der Waals surface area (Å²) in [4.78, 5) is 3.44. The lowest BCUT2D eigenvalue weighted by Crippen LogP contribution is -1.84. The van der Waals surface area contributed by atoms with E-state index < -0.39 is 0 Å². The summed E-state index contributed by atoms with van der Waals surface area (Å²) in [6, 6.07) is 4.12. The number of aromatic nitrogens is 1. The summed E-state index contributed by atoms with van der Waals surface area (Å²) in [7, 11) is 0. The van der Waals surface area contributed by atoms with Crippen LogP contribution >= 0.6 is 11.6 Å². The van der Waals surface area contributed by atoms with Crippen LogP contribution in [0.25, 0.3) is 10.9 Å². The lowest BCUT2D eigenvalue weighted by Gasteiger charge is -2.01. The van der Waals surface area contributed by atoms with E-state index in [2.05, 4.69) is 31.8 Å². The Morgan fingerprint density at radius 1 is 1.27 bits per heavy atom. The summed E-state index contributed by atoms with van der Waals surface area (Å²) in [5, 5.41) is 2.17. The van der Waals surface area contributed by atoms with Gasteiger partial charge in [-0.15, -0.1) is 0 Å². The quantitative estimate of drug-likeness (QED) is 0.774. The van der Waals surface area contributed by atoms with E-state index >= 15 is 0 Å². The van der Waals surface area contributed by atoms with E-state index in [1.165, 1.54) is 28.6 Å². The second-order valence-electron chi connectivity index (χ2n) is 4.07. The lowest BCUT2D eigenvalue weighted by atomic mass is 10.0. The lowest BCUT2D eigenvalue weighted by molar-refractivity contribution is 0.918. The molecule has 1 N–H and O–H groups in total. The average Bonchev–Trinajstić information content (AvgIpc) is 2.52. The summed E-state index contributed by atoms with van der Waals surface area (Å²) >= 11 is 6.11. The number of halogens is 1. The first kappa shape index (κ1) is 10.6. The van der Waals surface area contributed by atoms with Crippen molar-refractivity contribution in [3.05, 3.63) is 34.0 Å². The average molecular weight is 222 g/mol. The first-order valence-corrected chi connectivity index (χ1v) is 5.79. The van der Waals surface area contributed by atoms with E-state index in [0.717, 1.165) is 17.0 Å². The highest BCUT2D eigenvalue weighted by Crippen LogP contribution is 2.29. The largest absolute Gasteiger partial charge is 0.358 e. The van der Waals surface area contributed by atoms with Crippen molar-refractivity contribution in [1.29, 1.82) is 0 Å². The van der Waals surface area contributed by atoms with Gasteiger partial charge in [0.1, 0.15) is 0 Å². The Balaban J connectivity index is 2.73. The highest BCUT2D eigenvalue weighted by molar-refractivity contribution is 6.32. The van der Waals surface area contributed by atoms with Gasteiger partial charge in [-0.05, 0) is 37.5 Å². The first-order chi connectivity index (χ1) is 7.15. The predicted molar refractivity (Wildman–Crippen MR) is 66.8 cm³/mol. The maximum absolute atomic E-state index is 6.11. The fourth-order valence-electron chi connectivity index (χ4n) is 2.14. The molecule has 0 saturated heterocycles. The predicted octanol–water partition coefficient (Wildman–Crippen LogP) is 4.39. The van der Waals surface area contributed by atoms with Crippen LogP contribution in [-0.4, -0.2) is 4.98 Å². The molecule has 80 valence electrons. The molecular weight excluding hydrogens is 206 g/mol. The normalized spacial score (nSPS) is 11.2. The Morgan fingerprint density at radius 2 is 2.00 bits per heavy atom. The number of H-pyrrole nitrogens is 1. The minimum atomic E-state index is 0.840. The third-order valence-electron chi connectivity index (χ3n) is 2.99. The molecule has 0 saturated carbocycles. The Morgan fingerprint density at radius 3 is 2.67 bits per heavy atom. The Hall–Kier alpha value is -0.950. The third-order valence-corrected chi connectivity index (χ3v) is 3.40. The number of aromatic amines is 1. The number of benzene rings is 1. The molecule has 0 radical (unpaired) electrons. The van der Waals surface area contributed by atoms with Crippen LogP contribution in [0, 0.1) is 13.8 Å². The van der Waals surface area contributed by atoms with Crippen molar-refractivity contribution in [1.82, 2.24) is 4.98 Å². The molecule has 0 fully saturated rings. The molecule has 0 unspecified atom stereocenters. The van der Waals surface area contributed by atoms with Crippen LogP contribution in [0.3, 0.4) is 0 Å². The topological polar surface area (TPSA) is 15.8 Å². The number of nitrogens with one attached hydrogen (secondary N) is 1. The van der Waals surface area contributed by atoms with E-state index in [0.29, 0.717) is 0 Å². The molecule has 2 rings (SSSR count). The fraction of sp³-hybridized carbons (Fsp3) is 0.385. The number of rotatable bonds is 2. The zero-order chi connectivity index (χ0) is 11.0. The number of fused-ring (bicyclic) bond motifs is 1. The van der Waals surface area contributed by atoms with E-state index in [9.17, 15) is 0 Å². The molecule has 0 aliphatic heterocycles. The van der Waals surface area contributed by atoms with Gasteiger partial charge in [0.2, 0.25) is 0 Å². The monoisotopic (exact) mass is 221 g/mol. The first-order valence-electron chi connectivity index (χ1n) is 5.41. The van der Waals surface area contributed by atoms with Crippen molar-refractivity contribution in [2.24, 2.45) is 0 Å². The Kier molecular flexibility index (Phi) is 2.74. The van der Waals surface area contributed by atoms with Gasteiger partial charge in [-0.25, -0.2) is 0 Å². The zero-order valence-electron chi connectivity index (χ0n) is 9.45. The zero-order valence-corrected chi connectivity index (χ0v) is 10.2. The van der Waals surface area contributed by atoms with Crippen LogP contribution in [0.4, 0.5) is 0 Å². The minimum absolute atomic E-state index is 0.840. The second-order valence-corrected chi connectivity index (χ2v) is 4.48. The van der Waals surface area contributed by atoms with E-state index in [4.69, 9.17) is 11.6 Å². The standard InChI is InChI=1S/C13H16ClN/c1-4-5-10-9(3)15-13-8(2)12(14)7-6-11(10)13/h6-7,15H,4-5H2,1-3H3. The van der Waals surface area contributed by atoms with Crippen molar-refractivity contribution >= 4 is 22.5 Å². The number of hydrogen-bond acceptors (Lipinski definition) is 0. The smallest absolute Gasteiger partial charge is 0.0503 e. The van der Waals surface area contributed by atoms with Crippen molar-refractivity contribution in [3.8, 4) is 0 Å². The molecule has 0 atom stereocenters. The number of hydrogen-bond donors (Lipinski definition) is 1. The molecular formula is C13H16ClN. The molecule has 0 spiro atoms. The maximum atomic E-state index is 6.11. The molecule has 1 nitrogen and oxygen atoms in total. The summed E-state index contributed by atoms with van der Waals surface area (Å²) in [6.45, 7) is 6.41. The summed E-state index contributed by atoms with van der Waals surface area (Å²) < 4.78 is 0. The SMILES string of the molecule is CCCc1c(C)[nH]c2c(C)c(Cl)ccc12. The van der Waals surface area contributed by atoms with Crippen molar-refractivity contribution in [3.63, 3.8) is 0 Å². The van der Waals surface area contributed by atoms with Gasteiger partial charge in [-0.1, -0.05) is 31.0 Å². The number of aryl methyl sites for hydroxylation is 3. The summed E-state index contributed by atoms with van der Waals surface area (Å²) in [5.41, 5.74) is 5.06. The Bertz CT molecular complexity index is 497. The third kappa shape index (κ3) is 1.65. The molecule has 1 aromatic heterocycles. The van der Waals surface area contributed by atoms with Crippen LogP contribution in [0.5, 0.6) is 0 Å². The van der Waals surface area contributed by atoms with Crippen LogP contribution < -0.4 is 0 Å². The van der Waals surface area contributed by atoms with Gasteiger partial charge in [0.25, 0.3) is 0 Å². The minimum Gasteiger partial charge on any atom is -0.358 e. The molecule has 15 heavy (non-hydrogen) atoms. The Labute approximate surface area is 95.5 Å². The summed E-state index contributed by atoms with van der Waals surface area (Å²) in [5.74, 6) is 0. The molecule has 2 heteroatoms. The van der Waals surface area contributed by atoms with Crippen molar-refractivity contribution in [2.45, 2.75) is 33.6 Å².